The van der Waals surface area contributed by atoms with E-state index in [0.717, 1.165) is 16.5 Å². The van der Waals surface area contributed by atoms with Gasteiger partial charge in [-0.05, 0) is 30.7 Å². The van der Waals surface area contributed by atoms with Crippen molar-refractivity contribution in [2.45, 2.75) is 16.7 Å². The first-order valence-electron chi connectivity index (χ1n) is 5.25. The van der Waals surface area contributed by atoms with Crippen LogP contribution in [-0.2, 0) is 0 Å². The van der Waals surface area contributed by atoms with Crippen molar-refractivity contribution in [1.29, 1.82) is 0 Å². The molecule has 0 saturated heterocycles. The minimum atomic E-state index is -0.500. The molecule has 0 N–H and O–H groups in total. The molecular weight excluding hydrogens is 253 g/mol. The molecule has 5 heteroatoms. The second-order valence-electron chi connectivity index (χ2n) is 3.74. The van der Waals surface area contributed by atoms with Gasteiger partial charge in [-0.15, -0.1) is 0 Å². The summed E-state index contributed by atoms with van der Waals surface area (Å²) >= 11 is 1.20. The third-order valence-corrected chi connectivity index (χ3v) is 3.66. The topological polar surface area (TPSA) is 43.1 Å². The molecule has 0 heterocycles. The highest BCUT2D eigenvalue weighted by atomic mass is 32.2. The van der Waals surface area contributed by atoms with Crippen molar-refractivity contribution in [3.63, 3.8) is 0 Å². The normalized spacial score (nSPS) is 10.3. The van der Waals surface area contributed by atoms with Crippen molar-refractivity contribution in [1.82, 2.24) is 0 Å². The van der Waals surface area contributed by atoms with E-state index in [1.807, 2.05) is 31.2 Å². The highest BCUT2D eigenvalue weighted by molar-refractivity contribution is 7.99. The highest BCUT2D eigenvalue weighted by Gasteiger charge is 2.16. The highest BCUT2D eigenvalue weighted by Crippen LogP contribution is 2.36. The van der Waals surface area contributed by atoms with Crippen LogP contribution in [0, 0.1) is 22.9 Å². The summed E-state index contributed by atoms with van der Waals surface area (Å²) in [5.74, 6) is -0.475. The molecule has 0 spiro atoms. The molecule has 2 aromatic rings. The number of nitro benzene ring substituents is 1. The van der Waals surface area contributed by atoms with E-state index < -0.39 is 10.7 Å². The minimum Gasteiger partial charge on any atom is -0.258 e. The molecule has 0 saturated carbocycles. The molecule has 3 nitrogen and oxygen atoms in total. The number of hydrogen-bond acceptors (Lipinski definition) is 3. The Bertz CT molecular complexity index is 601. The van der Waals surface area contributed by atoms with Crippen LogP contribution in [0.3, 0.4) is 0 Å². The average Bonchev–Trinajstić information content (AvgIpc) is 2.32. The number of rotatable bonds is 3. The largest absolute Gasteiger partial charge is 0.283 e. The zero-order valence-corrected chi connectivity index (χ0v) is 10.4. The van der Waals surface area contributed by atoms with Gasteiger partial charge in [0.05, 0.1) is 9.82 Å². The van der Waals surface area contributed by atoms with Crippen LogP contribution in [0.15, 0.2) is 52.3 Å². The molecule has 92 valence electrons. The van der Waals surface area contributed by atoms with E-state index in [-0.39, 0.29) is 5.69 Å². The van der Waals surface area contributed by atoms with Gasteiger partial charge in [0.2, 0.25) is 0 Å². The molecule has 2 rings (SSSR count). The first kappa shape index (κ1) is 12.6. The minimum absolute atomic E-state index is 0.0790. The average molecular weight is 263 g/mol. The zero-order chi connectivity index (χ0) is 13.1. The number of halogens is 1. The lowest BCUT2D eigenvalue weighted by Gasteiger charge is -2.05. The Morgan fingerprint density at radius 2 is 1.89 bits per heavy atom. The Morgan fingerprint density at radius 1 is 1.17 bits per heavy atom. The Kier molecular flexibility index (Phi) is 3.62. The van der Waals surface area contributed by atoms with Crippen LogP contribution in [0.2, 0.25) is 0 Å². The Balaban J connectivity index is 2.42. The molecule has 2 aromatic carbocycles. The maximum Gasteiger partial charge on any atom is 0.283 e. The van der Waals surface area contributed by atoms with Crippen LogP contribution >= 0.6 is 11.8 Å². The van der Waals surface area contributed by atoms with Gasteiger partial charge in [-0.1, -0.05) is 30.0 Å². The molecule has 0 amide bonds. The standard InChI is InChI=1S/C13H10FNO2S/c1-9-4-2-3-5-12(9)18-13-8-10(14)6-7-11(13)15(16)17/h2-8H,1H3. The second kappa shape index (κ2) is 5.18. The van der Waals surface area contributed by atoms with Gasteiger partial charge >= 0.3 is 0 Å². The van der Waals surface area contributed by atoms with Crippen molar-refractivity contribution < 1.29 is 9.31 Å². The number of hydrogen-bond donors (Lipinski definition) is 0. The van der Waals surface area contributed by atoms with Crippen molar-refractivity contribution in [3.05, 3.63) is 64.0 Å². The first-order chi connectivity index (χ1) is 8.58. The van der Waals surface area contributed by atoms with E-state index in [1.54, 1.807) is 0 Å². The predicted octanol–water partition coefficient (Wildman–Crippen LogP) is 4.19. The third-order valence-electron chi connectivity index (χ3n) is 2.43. The molecule has 0 radical (unpaired) electrons. The molecule has 0 aliphatic carbocycles. The summed E-state index contributed by atoms with van der Waals surface area (Å²) in [6, 6.07) is 11.0. The van der Waals surface area contributed by atoms with Gasteiger partial charge in [0, 0.05) is 11.0 Å². The molecule has 0 aromatic heterocycles. The summed E-state index contributed by atoms with van der Waals surface area (Å²) in [5, 5.41) is 10.9. The maximum absolute atomic E-state index is 13.2. The summed E-state index contributed by atoms with van der Waals surface area (Å²) in [7, 11) is 0. The molecule has 0 atom stereocenters. The van der Waals surface area contributed by atoms with Crippen LogP contribution in [0.5, 0.6) is 0 Å². The maximum atomic E-state index is 13.2. The van der Waals surface area contributed by atoms with Crippen molar-refractivity contribution >= 4 is 17.4 Å². The van der Waals surface area contributed by atoms with Gasteiger partial charge in [0.15, 0.2) is 0 Å². The van der Waals surface area contributed by atoms with Gasteiger partial charge in [-0.2, -0.15) is 0 Å². The van der Waals surface area contributed by atoms with Gasteiger partial charge < -0.3 is 0 Å². The molecular formula is C13H10FNO2S. The Labute approximate surface area is 108 Å². The number of nitrogens with zero attached hydrogens (tertiary/aromatic N) is 1. The van der Waals surface area contributed by atoms with E-state index in [1.165, 1.54) is 23.9 Å². The Hall–Kier alpha value is -1.88. The third kappa shape index (κ3) is 2.68. The fraction of sp³-hybridized carbons (Fsp3) is 0.0769. The summed E-state index contributed by atoms with van der Waals surface area (Å²) in [5.41, 5.74) is 0.922. The van der Waals surface area contributed by atoms with Crippen LogP contribution < -0.4 is 0 Å². The predicted molar refractivity (Wildman–Crippen MR) is 68.4 cm³/mol. The van der Waals surface area contributed by atoms with Gasteiger partial charge in [0.1, 0.15) is 5.82 Å². The fourth-order valence-electron chi connectivity index (χ4n) is 1.51. The summed E-state index contributed by atoms with van der Waals surface area (Å²) in [6.45, 7) is 1.91. The van der Waals surface area contributed by atoms with Crippen LogP contribution in [-0.4, -0.2) is 4.92 Å². The molecule has 0 aliphatic heterocycles. The molecule has 18 heavy (non-hydrogen) atoms. The summed E-state index contributed by atoms with van der Waals surface area (Å²) < 4.78 is 13.2. The number of nitro groups is 1. The van der Waals surface area contributed by atoms with Crippen molar-refractivity contribution in [3.8, 4) is 0 Å². The SMILES string of the molecule is Cc1ccccc1Sc1cc(F)ccc1[N+](=O)[O-]. The number of benzene rings is 2. The Morgan fingerprint density at radius 3 is 2.56 bits per heavy atom. The zero-order valence-electron chi connectivity index (χ0n) is 9.59. The van der Waals surface area contributed by atoms with E-state index in [0.29, 0.717) is 4.90 Å². The van der Waals surface area contributed by atoms with Gasteiger partial charge in [-0.25, -0.2) is 4.39 Å². The van der Waals surface area contributed by atoms with E-state index in [9.17, 15) is 14.5 Å². The van der Waals surface area contributed by atoms with Crippen LogP contribution in [0.25, 0.3) is 0 Å². The van der Waals surface area contributed by atoms with Crippen LogP contribution in [0.4, 0.5) is 10.1 Å². The number of aryl methyl sites for hydroxylation is 1. The monoisotopic (exact) mass is 263 g/mol. The molecule has 0 unspecified atom stereocenters. The fourth-order valence-corrected chi connectivity index (χ4v) is 2.54. The van der Waals surface area contributed by atoms with Gasteiger partial charge in [0.25, 0.3) is 5.69 Å². The van der Waals surface area contributed by atoms with Crippen molar-refractivity contribution in [2.24, 2.45) is 0 Å². The molecule has 0 fully saturated rings. The van der Waals surface area contributed by atoms with E-state index in [4.69, 9.17) is 0 Å². The molecule has 0 aliphatic rings. The summed E-state index contributed by atoms with van der Waals surface area (Å²) in [4.78, 5) is 11.6. The van der Waals surface area contributed by atoms with E-state index >= 15 is 0 Å². The van der Waals surface area contributed by atoms with E-state index in [2.05, 4.69) is 0 Å². The quantitative estimate of drug-likeness (QED) is 0.616. The smallest absolute Gasteiger partial charge is 0.258 e. The first-order valence-corrected chi connectivity index (χ1v) is 6.07. The summed E-state index contributed by atoms with van der Waals surface area (Å²) in [6.07, 6.45) is 0. The lowest BCUT2D eigenvalue weighted by atomic mass is 10.2. The molecule has 0 bridgehead atoms. The van der Waals surface area contributed by atoms with Crippen molar-refractivity contribution in [2.75, 3.05) is 0 Å². The van der Waals surface area contributed by atoms with Gasteiger partial charge in [-0.3, -0.25) is 10.1 Å². The van der Waals surface area contributed by atoms with Crippen LogP contribution in [0.1, 0.15) is 5.56 Å². The lowest BCUT2D eigenvalue weighted by Crippen LogP contribution is -1.92. The second-order valence-corrected chi connectivity index (χ2v) is 4.82. The lowest BCUT2D eigenvalue weighted by molar-refractivity contribution is -0.387.